The lowest BCUT2D eigenvalue weighted by Gasteiger charge is -2.15. The van der Waals surface area contributed by atoms with Crippen molar-refractivity contribution in [3.8, 4) is 0 Å². The van der Waals surface area contributed by atoms with E-state index in [1.807, 2.05) is 5.32 Å². The highest BCUT2D eigenvalue weighted by atomic mass is 19.4. The number of para-hydroxylation sites is 1. The normalized spacial score (nSPS) is 11.4. The maximum absolute atomic E-state index is 12.8. The molecule has 0 heterocycles. The van der Waals surface area contributed by atoms with Crippen LogP contribution >= 0.6 is 0 Å². The molecule has 22 heavy (non-hydrogen) atoms. The van der Waals surface area contributed by atoms with Crippen LogP contribution in [0.2, 0.25) is 0 Å². The second-order valence-corrected chi connectivity index (χ2v) is 4.11. The van der Waals surface area contributed by atoms with Gasteiger partial charge in [-0.05, 0) is 12.1 Å². The van der Waals surface area contributed by atoms with Crippen LogP contribution in [0.3, 0.4) is 0 Å². The minimum Gasteiger partial charge on any atom is -0.354 e. The lowest BCUT2D eigenvalue weighted by atomic mass is 10.1. The first-order valence-corrected chi connectivity index (χ1v) is 6.10. The predicted molar refractivity (Wildman–Crippen MR) is 70.9 cm³/mol. The highest BCUT2D eigenvalue weighted by Crippen LogP contribution is 2.34. The molecule has 0 aliphatic carbocycles. The number of nitrogens with one attached hydrogen (secondary N) is 2. The van der Waals surface area contributed by atoms with Gasteiger partial charge in [0.1, 0.15) is 0 Å². The number of alkyl halides is 3. The average molecular weight is 320 g/mol. The van der Waals surface area contributed by atoms with Crippen LogP contribution < -0.4 is 10.6 Å². The highest BCUT2D eigenvalue weighted by Gasteiger charge is 2.34. The van der Waals surface area contributed by atoms with Crippen LogP contribution in [0.15, 0.2) is 24.3 Å². The fraction of sp³-hybridized carbons (Fsp3) is 0.385. The summed E-state index contributed by atoms with van der Waals surface area (Å²) >= 11 is 0. The van der Waals surface area contributed by atoms with Gasteiger partial charge in [0.05, 0.1) is 17.8 Å². The molecule has 1 aromatic rings. The van der Waals surface area contributed by atoms with E-state index < -0.39 is 35.5 Å². The van der Waals surface area contributed by atoms with E-state index in [2.05, 4.69) is 5.32 Å². The third-order valence-corrected chi connectivity index (χ3v) is 2.64. The summed E-state index contributed by atoms with van der Waals surface area (Å²) in [5.41, 5.74) is -1.53. The van der Waals surface area contributed by atoms with Crippen LogP contribution in [0.5, 0.6) is 0 Å². The van der Waals surface area contributed by atoms with Crippen LogP contribution in [-0.4, -0.2) is 38.9 Å². The zero-order valence-electron chi connectivity index (χ0n) is 11.9. The molecule has 0 unspecified atom stereocenters. The molecule has 0 fully saturated rings. The first-order chi connectivity index (χ1) is 10.3. The van der Waals surface area contributed by atoms with Gasteiger partial charge < -0.3 is 20.1 Å². The Morgan fingerprint density at radius 3 is 2.27 bits per heavy atom. The fourth-order valence-electron chi connectivity index (χ4n) is 1.54. The summed E-state index contributed by atoms with van der Waals surface area (Å²) in [6, 6.07) is 4.36. The molecule has 0 aliphatic rings. The van der Waals surface area contributed by atoms with Gasteiger partial charge in [-0.15, -0.1) is 0 Å². The predicted octanol–water partition coefficient (Wildman–Crippen LogP) is 1.38. The van der Waals surface area contributed by atoms with E-state index in [0.29, 0.717) is 0 Å². The number of carbonyl (C=O) groups is 2. The Labute approximate surface area is 124 Å². The van der Waals surface area contributed by atoms with Crippen LogP contribution in [0.4, 0.5) is 18.9 Å². The molecular weight excluding hydrogens is 305 g/mol. The first-order valence-electron chi connectivity index (χ1n) is 6.10. The maximum Gasteiger partial charge on any atom is 0.418 e. The Hall–Kier alpha value is -2.13. The minimum atomic E-state index is -4.64. The third kappa shape index (κ3) is 5.01. The summed E-state index contributed by atoms with van der Waals surface area (Å²) in [5, 5.41) is 4.10. The number of rotatable bonds is 5. The second-order valence-electron chi connectivity index (χ2n) is 4.11. The summed E-state index contributed by atoms with van der Waals surface area (Å²) in [7, 11) is 2.67. The Kier molecular flexibility index (Phi) is 6.32. The summed E-state index contributed by atoms with van der Waals surface area (Å²) in [6.07, 6.45) is -5.41. The lowest BCUT2D eigenvalue weighted by molar-refractivity contribution is -0.139. The van der Waals surface area contributed by atoms with Gasteiger partial charge >= 0.3 is 18.0 Å². The number of amides is 2. The number of carbonyl (C=O) groups excluding carboxylic acids is 2. The third-order valence-electron chi connectivity index (χ3n) is 2.64. The molecule has 122 valence electrons. The van der Waals surface area contributed by atoms with E-state index in [-0.39, 0.29) is 6.54 Å². The number of hydrogen-bond donors (Lipinski definition) is 2. The van der Waals surface area contributed by atoms with Crippen molar-refractivity contribution >= 4 is 17.5 Å². The number of hydrogen-bond acceptors (Lipinski definition) is 4. The van der Waals surface area contributed by atoms with Crippen molar-refractivity contribution in [3.63, 3.8) is 0 Å². The fourth-order valence-corrected chi connectivity index (χ4v) is 1.54. The van der Waals surface area contributed by atoms with E-state index in [9.17, 15) is 22.8 Å². The lowest BCUT2D eigenvalue weighted by Crippen LogP contribution is -2.40. The van der Waals surface area contributed by atoms with Crippen molar-refractivity contribution in [2.45, 2.75) is 12.5 Å². The second kappa shape index (κ2) is 7.76. The molecule has 0 spiro atoms. The number of methoxy groups -OCH3 is 2. The van der Waals surface area contributed by atoms with Crippen LogP contribution in [0.25, 0.3) is 0 Å². The number of halogens is 3. The Morgan fingerprint density at radius 1 is 1.14 bits per heavy atom. The van der Waals surface area contributed by atoms with Crippen molar-refractivity contribution in [3.05, 3.63) is 29.8 Å². The molecule has 0 aliphatic heterocycles. The molecule has 1 rings (SSSR count). The Balaban J connectivity index is 2.71. The minimum absolute atomic E-state index is 0.125. The topological polar surface area (TPSA) is 76.7 Å². The van der Waals surface area contributed by atoms with Crippen LogP contribution in [0.1, 0.15) is 5.56 Å². The zero-order chi connectivity index (χ0) is 16.8. The van der Waals surface area contributed by atoms with E-state index in [4.69, 9.17) is 9.47 Å². The van der Waals surface area contributed by atoms with E-state index >= 15 is 0 Å². The smallest absolute Gasteiger partial charge is 0.354 e. The number of ether oxygens (including phenoxy) is 2. The highest BCUT2D eigenvalue weighted by molar-refractivity contribution is 6.39. The molecule has 0 saturated carbocycles. The van der Waals surface area contributed by atoms with Gasteiger partial charge in [-0.1, -0.05) is 12.1 Å². The average Bonchev–Trinajstić information content (AvgIpc) is 2.47. The summed E-state index contributed by atoms with van der Waals surface area (Å²) < 4.78 is 47.9. The molecule has 0 radical (unpaired) electrons. The van der Waals surface area contributed by atoms with Crippen LogP contribution in [-0.2, 0) is 25.2 Å². The molecule has 2 amide bonds. The van der Waals surface area contributed by atoms with Crippen molar-refractivity contribution in [2.75, 3.05) is 26.1 Å². The monoisotopic (exact) mass is 320 g/mol. The van der Waals surface area contributed by atoms with Gasteiger partial charge in [0.15, 0.2) is 6.29 Å². The largest absolute Gasteiger partial charge is 0.418 e. The van der Waals surface area contributed by atoms with Gasteiger partial charge in [0.25, 0.3) is 0 Å². The standard InChI is InChI=1S/C13H15F3N2O4/c1-21-10(22-2)7-17-11(19)12(20)18-9-6-4-3-5-8(9)13(14,15)16/h3-6,10H,7H2,1-2H3,(H,17,19)(H,18,20). The molecule has 0 bridgehead atoms. The first kappa shape index (κ1) is 17.9. The molecule has 0 saturated heterocycles. The SMILES string of the molecule is COC(CNC(=O)C(=O)Nc1ccccc1C(F)(F)F)OC. The number of anilines is 1. The molecule has 1 aromatic carbocycles. The van der Waals surface area contributed by atoms with Gasteiger partial charge in [0, 0.05) is 14.2 Å². The van der Waals surface area contributed by atoms with Gasteiger partial charge in [0.2, 0.25) is 0 Å². The van der Waals surface area contributed by atoms with Crippen molar-refractivity contribution in [1.29, 1.82) is 0 Å². The molecule has 9 heteroatoms. The molecule has 6 nitrogen and oxygen atoms in total. The van der Waals surface area contributed by atoms with Crippen molar-refractivity contribution in [2.24, 2.45) is 0 Å². The van der Waals surface area contributed by atoms with E-state index in [0.717, 1.165) is 12.1 Å². The summed E-state index contributed by atoms with van der Waals surface area (Å²) in [6.45, 7) is -0.125. The van der Waals surface area contributed by atoms with Gasteiger partial charge in [-0.25, -0.2) is 0 Å². The Morgan fingerprint density at radius 2 is 1.73 bits per heavy atom. The zero-order valence-corrected chi connectivity index (χ0v) is 11.9. The van der Waals surface area contributed by atoms with Crippen LogP contribution in [0, 0.1) is 0 Å². The van der Waals surface area contributed by atoms with E-state index in [1.54, 1.807) is 0 Å². The number of benzene rings is 1. The summed E-state index contributed by atoms with van der Waals surface area (Å²) in [4.78, 5) is 23.1. The van der Waals surface area contributed by atoms with Crippen molar-refractivity contribution < 1.29 is 32.2 Å². The van der Waals surface area contributed by atoms with E-state index in [1.165, 1.54) is 26.4 Å². The van der Waals surface area contributed by atoms with Gasteiger partial charge in [-0.2, -0.15) is 13.2 Å². The molecular formula is C13H15F3N2O4. The van der Waals surface area contributed by atoms with Crippen molar-refractivity contribution in [1.82, 2.24) is 5.32 Å². The quantitative estimate of drug-likeness (QED) is 0.635. The molecule has 0 atom stereocenters. The Bertz CT molecular complexity index is 530. The molecule has 0 aromatic heterocycles. The summed E-state index contributed by atoms with van der Waals surface area (Å²) in [5.74, 6) is -2.32. The van der Waals surface area contributed by atoms with Gasteiger partial charge in [-0.3, -0.25) is 9.59 Å². The maximum atomic E-state index is 12.8. The molecule has 2 N–H and O–H groups in total.